The molecule has 0 aliphatic carbocycles. The van der Waals surface area contributed by atoms with Gasteiger partial charge in [0.05, 0.1) is 30.4 Å². The zero-order valence-corrected chi connectivity index (χ0v) is 18.1. The molecule has 9 nitrogen and oxygen atoms in total. The highest BCUT2D eigenvalue weighted by Gasteiger charge is 2.27. The number of benzene rings is 2. The first-order valence-corrected chi connectivity index (χ1v) is 11.1. The maximum Gasteiger partial charge on any atom is 0.338 e. The maximum absolute atomic E-state index is 12.5. The number of rotatable bonds is 8. The van der Waals surface area contributed by atoms with Gasteiger partial charge in [-0.3, -0.25) is 4.79 Å². The van der Waals surface area contributed by atoms with Gasteiger partial charge in [0, 0.05) is 19.2 Å². The number of amides is 1. The van der Waals surface area contributed by atoms with Crippen molar-refractivity contribution in [1.29, 1.82) is 0 Å². The number of hydrogen-bond acceptors (Lipinski definition) is 7. The van der Waals surface area contributed by atoms with Crippen LogP contribution in [0.2, 0.25) is 0 Å². The summed E-state index contributed by atoms with van der Waals surface area (Å²) in [7, 11) is -0.599. The Morgan fingerprint density at radius 3 is 2.29 bits per heavy atom. The van der Waals surface area contributed by atoms with Crippen molar-refractivity contribution in [3.05, 3.63) is 48.0 Å². The van der Waals surface area contributed by atoms with Gasteiger partial charge in [-0.2, -0.15) is 4.31 Å². The number of carbonyl (C=O) groups is 2. The molecule has 3 rings (SSSR count). The number of nitrogens with zero attached hydrogens (tertiary/aromatic N) is 1. The summed E-state index contributed by atoms with van der Waals surface area (Å²) in [6.45, 7) is 0.478. The molecule has 1 aliphatic heterocycles. The number of hydrogen-bond donors (Lipinski definition) is 1. The van der Waals surface area contributed by atoms with Crippen molar-refractivity contribution in [2.75, 3.05) is 39.2 Å². The molecule has 2 aromatic rings. The van der Waals surface area contributed by atoms with E-state index in [0.717, 1.165) is 12.8 Å². The molecule has 1 N–H and O–H groups in total. The number of ether oxygens (including phenoxy) is 3. The summed E-state index contributed by atoms with van der Waals surface area (Å²) in [6, 6.07) is 10.4. The van der Waals surface area contributed by atoms with E-state index in [1.165, 1.54) is 42.8 Å². The molecule has 0 spiro atoms. The van der Waals surface area contributed by atoms with Crippen LogP contribution in [0.4, 0.5) is 5.69 Å². The van der Waals surface area contributed by atoms with Gasteiger partial charge < -0.3 is 19.5 Å². The Balaban J connectivity index is 1.59. The van der Waals surface area contributed by atoms with Gasteiger partial charge in [0.25, 0.3) is 5.91 Å². The Bertz CT molecular complexity index is 1050. The summed E-state index contributed by atoms with van der Waals surface area (Å²) >= 11 is 0. The average molecular weight is 448 g/mol. The van der Waals surface area contributed by atoms with E-state index in [2.05, 4.69) is 5.32 Å². The number of esters is 1. The first-order valence-electron chi connectivity index (χ1n) is 9.64. The second-order valence-electron chi connectivity index (χ2n) is 6.83. The monoisotopic (exact) mass is 448 g/mol. The van der Waals surface area contributed by atoms with Crippen LogP contribution in [0.25, 0.3) is 0 Å². The number of anilines is 1. The molecule has 0 saturated carbocycles. The predicted octanol–water partition coefficient (Wildman–Crippen LogP) is 2.28. The van der Waals surface area contributed by atoms with E-state index in [1.807, 2.05) is 0 Å². The fourth-order valence-electron chi connectivity index (χ4n) is 3.15. The second-order valence-corrected chi connectivity index (χ2v) is 8.76. The Morgan fingerprint density at radius 1 is 1.00 bits per heavy atom. The average Bonchev–Trinajstić information content (AvgIpc) is 3.33. The molecule has 2 aromatic carbocycles. The third kappa shape index (κ3) is 5.33. The van der Waals surface area contributed by atoms with Crippen LogP contribution in [-0.4, -0.2) is 58.5 Å². The lowest BCUT2D eigenvalue weighted by atomic mass is 10.2. The molecule has 1 fully saturated rings. The number of carbonyl (C=O) groups excluding carboxylic acids is 2. The first kappa shape index (κ1) is 22.6. The van der Waals surface area contributed by atoms with Crippen LogP contribution < -0.4 is 14.8 Å². The van der Waals surface area contributed by atoms with E-state index >= 15 is 0 Å². The highest BCUT2D eigenvalue weighted by atomic mass is 32.2. The van der Waals surface area contributed by atoms with E-state index in [-0.39, 0.29) is 10.5 Å². The summed E-state index contributed by atoms with van der Waals surface area (Å²) in [6.07, 6.45) is 1.68. The SMILES string of the molecule is COc1ccc(OC)c(NC(=O)COC(=O)c2ccc(S(=O)(=O)N3CCCC3)cc2)c1. The summed E-state index contributed by atoms with van der Waals surface area (Å²) < 4.78 is 41.8. The first-order chi connectivity index (χ1) is 14.8. The quantitative estimate of drug-likeness (QED) is 0.617. The summed E-state index contributed by atoms with van der Waals surface area (Å²) in [5.74, 6) is -0.349. The zero-order valence-electron chi connectivity index (χ0n) is 17.3. The van der Waals surface area contributed by atoms with Gasteiger partial charge in [0.1, 0.15) is 11.5 Å². The van der Waals surface area contributed by atoms with Crippen LogP contribution in [0.5, 0.6) is 11.5 Å². The largest absolute Gasteiger partial charge is 0.497 e. The molecule has 1 heterocycles. The third-order valence-electron chi connectivity index (χ3n) is 4.81. The fraction of sp³-hybridized carbons (Fsp3) is 0.333. The van der Waals surface area contributed by atoms with Gasteiger partial charge in [-0.15, -0.1) is 0 Å². The molecule has 166 valence electrons. The van der Waals surface area contributed by atoms with E-state index in [9.17, 15) is 18.0 Å². The topological polar surface area (TPSA) is 111 Å². The Morgan fingerprint density at radius 2 is 1.68 bits per heavy atom. The minimum Gasteiger partial charge on any atom is -0.497 e. The van der Waals surface area contributed by atoms with Crippen molar-refractivity contribution in [3.8, 4) is 11.5 Å². The maximum atomic E-state index is 12.5. The van der Waals surface area contributed by atoms with Gasteiger partial charge in [0.2, 0.25) is 10.0 Å². The zero-order chi connectivity index (χ0) is 22.4. The molecule has 0 radical (unpaired) electrons. The predicted molar refractivity (Wildman–Crippen MR) is 113 cm³/mol. The van der Waals surface area contributed by atoms with E-state index in [1.54, 1.807) is 18.2 Å². The Kier molecular flexibility index (Phi) is 7.13. The molecule has 0 bridgehead atoms. The lowest BCUT2D eigenvalue weighted by molar-refractivity contribution is -0.119. The molecular weight excluding hydrogens is 424 g/mol. The molecule has 0 aromatic heterocycles. The van der Waals surface area contributed by atoms with Crippen molar-refractivity contribution in [2.45, 2.75) is 17.7 Å². The Hall–Kier alpha value is -3.11. The number of nitrogens with one attached hydrogen (secondary N) is 1. The van der Waals surface area contributed by atoms with Crippen LogP contribution in [0.1, 0.15) is 23.2 Å². The summed E-state index contributed by atoms with van der Waals surface area (Å²) in [4.78, 5) is 24.5. The van der Waals surface area contributed by atoms with Crippen LogP contribution in [0, 0.1) is 0 Å². The molecule has 10 heteroatoms. The highest BCUT2D eigenvalue weighted by Crippen LogP contribution is 2.28. The van der Waals surface area contributed by atoms with Crippen LogP contribution in [0.15, 0.2) is 47.4 Å². The van der Waals surface area contributed by atoms with Crippen molar-refractivity contribution in [2.24, 2.45) is 0 Å². The van der Waals surface area contributed by atoms with Gasteiger partial charge in [-0.05, 0) is 49.2 Å². The molecule has 0 unspecified atom stereocenters. The Labute approximate surface area is 181 Å². The third-order valence-corrected chi connectivity index (χ3v) is 6.72. The molecular formula is C21H24N2O7S. The van der Waals surface area contributed by atoms with Crippen LogP contribution >= 0.6 is 0 Å². The standard InChI is InChI=1S/C21H24N2O7S/c1-28-16-7-10-19(29-2)18(13-16)22-20(24)14-30-21(25)15-5-8-17(9-6-15)31(26,27)23-11-3-4-12-23/h5-10,13H,3-4,11-12,14H2,1-2H3,(H,22,24). The van der Waals surface area contributed by atoms with Gasteiger partial charge in [-0.25, -0.2) is 13.2 Å². The lowest BCUT2D eigenvalue weighted by Crippen LogP contribution is -2.27. The molecule has 1 amide bonds. The molecule has 1 aliphatic rings. The number of methoxy groups -OCH3 is 2. The fourth-order valence-corrected chi connectivity index (χ4v) is 4.67. The highest BCUT2D eigenvalue weighted by molar-refractivity contribution is 7.89. The van der Waals surface area contributed by atoms with E-state index in [4.69, 9.17) is 14.2 Å². The second kappa shape index (κ2) is 9.80. The number of sulfonamides is 1. The molecule has 31 heavy (non-hydrogen) atoms. The van der Waals surface area contributed by atoms with Gasteiger partial charge in [0.15, 0.2) is 6.61 Å². The normalized spacial score (nSPS) is 14.1. The minimum absolute atomic E-state index is 0.119. The van der Waals surface area contributed by atoms with Gasteiger partial charge in [-0.1, -0.05) is 0 Å². The minimum atomic E-state index is -3.56. The van der Waals surface area contributed by atoms with Crippen LogP contribution in [0.3, 0.4) is 0 Å². The van der Waals surface area contributed by atoms with E-state index < -0.39 is 28.5 Å². The van der Waals surface area contributed by atoms with Crippen molar-refractivity contribution in [1.82, 2.24) is 4.31 Å². The van der Waals surface area contributed by atoms with Crippen molar-refractivity contribution >= 4 is 27.6 Å². The van der Waals surface area contributed by atoms with E-state index in [0.29, 0.717) is 30.3 Å². The lowest BCUT2D eigenvalue weighted by Gasteiger charge is -2.15. The molecule has 1 saturated heterocycles. The summed E-state index contributed by atoms with van der Waals surface area (Å²) in [5, 5.41) is 2.60. The molecule has 0 atom stereocenters. The van der Waals surface area contributed by atoms with Crippen molar-refractivity contribution < 1.29 is 32.2 Å². The summed E-state index contributed by atoms with van der Waals surface area (Å²) in [5.41, 5.74) is 0.520. The smallest absolute Gasteiger partial charge is 0.338 e. The van der Waals surface area contributed by atoms with Crippen molar-refractivity contribution in [3.63, 3.8) is 0 Å². The van der Waals surface area contributed by atoms with Gasteiger partial charge >= 0.3 is 5.97 Å². The van der Waals surface area contributed by atoms with Crippen LogP contribution in [-0.2, 0) is 19.6 Å².